The van der Waals surface area contributed by atoms with Crippen molar-refractivity contribution in [2.45, 2.75) is 46.3 Å². The fourth-order valence-corrected chi connectivity index (χ4v) is 3.03. The molecule has 1 unspecified atom stereocenters. The summed E-state index contributed by atoms with van der Waals surface area (Å²) in [6.07, 6.45) is 0. The molecule has 1 saturated heterocycles. The van der Waals surface area contributed by atoms with Crippen molar-refractivity contribution in [3.05, 3.63) is 35.4 Å². The van der Waals surface area contributed by atoms with E-state index >= 15 is 0 Å². The molecule has 0 radical (unpaired) electrons. The molecule has 1 aromatic rings. The van der Waals surface area contributed by atoms with Crippen LogP contribution in [0.5, 0.6) is 0 Å². The van der Waals surface area contributed by atoms with E-state index in [0.717, 1.165) is 6.54 Å². The molecule has 0 aromatic heterocycles. The van der Waals surface area contributed by atoms with Crippen LogP contribution in [0.2, 0.25) is 0 Å². The Bertz CT molecular complexity index is 386. The van der Waals surface area contributed by atoms with E-state index in [1.165, 1.54) is 30.8 Å². The van der Waals surface area contributed by atoms with E-state index in [9.17, 15) is 0 Å². The van der Waals surface area contributed by atoms with Gasteiger partial charge in [-0.05, 0) is 33.3 Å². The average Bonchev–Trinajstić information content (AvgIpc) is 2.28. The van der Waals surface area contributed by atoms with Gasteiger partial charge in [0.1, 0.15) is 0 Å². The summed E-state index contributed by atoms with van der Waals surface area (Å²) >= 11 is 0. The van der Waals surface area contributed by atoms with Gasteiger partial charge in [0.25, 0.3) is 0 Å². The van der Waals surface area contributed by atoms with Crippen LogP contribution in [-0.4, -0.2) is 41.5 Å². The average molecular weight is 246 g/mol. The van der Waals surface area contributed by atoms with Gasteiger partial charge in [-0.1, -0.05) is 29.8 Å². The van der Waals surface area contributed by atoms with Crippen molar-refractivity contribution in [2.75, 3.05) is 19.6 Å². The molecule has 1 heterocycles. The maximum absolute atomic E-state index is 2.60. The van der Waals surface area contributed by atoms with Crippen molar-refractivity contribution >= 4 is 0 Å². The Kier molecular flexibility index (Phi) is 4.41. The molecular formula is C16H26N2. The van der Waals surface area contributed by atoms with Gasteiger partial charge in [-0.15, -0.1) is 0 Å². The molecule has 0 bridgehead atoms. The highest BCUT2D eigenvalue weighted by molar-refractivity contribution is 5.22. The highest BCUT2D eigenvalue weighted by Crippen LogP contribution is 2.15. The Morgan fingerprint density at radius 2 is 2.06 bits per heavy atom. The lowest BCUT2D eigenvalue weighted by Crippen LogP contribution is -2.53. The molecule has 1 aliphatic heterocycles. The van der Waals surface area contributed by atoms with Gasteiger partial charge < -0.3 is 0 Å². The highest BCUT2D eigenvalue weighted by atomic mass is 15.3. The molecule has 1 atom stereocenters. The van der Waals surface area contributed by atoms with Gasteiger partial charge in [0.2, 0.25) is 0 Å². The number of benzene rings is 1. The predicted molar refractivity (Wildman–Crippen MR) is 77.8 cm³/mol. The first-order valence-electron chi connectivity index (χ1n) is 7.10. The van der Waals surface area contributed by atoms with Crippen molar-refractivity contribution in [1.29, 1.82) is 0 Å². The predicted octanol–water partition coefficient (Wildman–Crippen LogP) is 2.91. The SMILES string of the molecule is Cc1cccc(CN2CCN(C(C)C)C(C)C2)c1. The molecule has 0 N–H and O–H groups in total. The van der Waals surface area contributed by atoms with E-state index < -0.39 is 0 Å². The maximum atomic E-state index is 2.60. The largest absolute Gasteiger partial charge is 0.296 e. The Balaban J connectivity index is 1.93. The second kappa shape index (κ2) is 5.85. The van der Waals surface area contributed by atoms with Crippen LogP contribution in [0.1, 0.15) is 31.9 Å². The van der Waals surface area contributed by atoms with Gasteiger partial charge in [0, 0.05) is 38.3 Å². The molecule has 0 amide bonds. The third-order valence-electron chi connectivity index (χ3n) is 3.91. The summed E-state index contributed by atoms with van der Waals surface area (Å²) in [5.74, 6) is 0. The van der Waals surface area contributed by atoms with Crippen LogP contribution in [0, 0.1) is 6.92 Å². The Labute approximate surface area is 112 Å². The van der Waals surface area contributed by atoms with E-state index in [1.807, 2.05) is 0 Å². The van der Waals surface area contributed by atoms with Crippen molar-refractivity contribution in [3.8, 4) is 0 Å². The topological polar surface area (TPSA) is 6.48 Å². The van der Waals surface area contributed by atoms with Gasteiger partial charge in [0.15, 0.2) is 0 Å². The lowest BCUT2D eigenvalue weighted by molar-refractivity contribution is 0.0564. The molecule has 0 saturated carbocycles. The van der Waals surface area contributed by atoms with Crippen LogP contribution in [-0.2, 0) is 6.54 Å². The molecule has 100 valence electrons. The number of aryl methyl sites for hydroxylation is 1. The van der Waals surface area contributed by atoms with Crippen LogP contribution in [0.15, 0.2) is 24.3 Å². The fourth-order valence-electron chi connectivity index (χ4n) is 3.03. The molecule has 0 spiro atoms. The van der Waals surface area contributed by atoms with Crippen molar-refractivity contribution in [3.63, 3.8) is 0 Å². The van der Waals surface area contributed by atoms with Crippen LogP contribution in [0.3, 0.4) is 0 Å². The first-order valence-corrected chi connectivity index (χ1v) is 7.10. The highest BCUT2D eigenvalue weighted by Gasteiger charge is 2.25. The van der Waals surface area contributed by atoms with Gasteiger partial charge in [-0.25, -0.2) is 0 Å². The Hall–Kier alpha value is -0.860. The molecule has 1 aliphatic rings. The number of rotatable bonds is 3. The minimum Gasteiger partial charge on any atom is -0.296 e. The fraction of sp³-hybridized carbons (Fsp3) is 0.625. The van der Waals surface area contributed by atoms with Crippen LogP contribution in [0.4, 0.5) is 0 Å². The van der Waals surface area contributed by atoms with Gasteiger partial charge in [0.05, 0.1) is 0 Å². The number of nitrogens with zero attached hydrogens (tertiary/aromatic N) is 2. The summed E-state index contributed by atoms with van der Waals surface area (Å²) in [4.78, 5) is 5.19. The lowest BCUT2D eigenvalue weighted by Gasteiger charge is -2.42. The van der Waals surface area contributed by atoms with E-state index in [0.29, 0.717) is 12.1 Å². The Morgan fingerprint density at radius 3 is 2.67 bits per heavy atom. The van der Waals surface area contributed by atoms with Crippen molar-refractivity contribution in [2.24, 2.45) is 0 Å². The van der Waals surface area contributed by atoms with Gasteiger partial charge in [-0.2, -0.15) is 0 Å². The summed E-state index contributed by atoms with van der Waals surface area (Å²) in [7, 11) is 0. The molecule has 2 heteroatoms. The van der Waals surface area contributed by atoms with E-state index in [1.54, 1.807) is 0 Å². The minimum absolute atomic E-state index is 0.668. The first-order chi connectivity index (χ1) is 8.56. The van der Waals surface area contributed by atoms with Crippen LogP contribution < -0.4 is 0 Å². The van der Waals surface area contributed by atoms with Gasteiger partial charge >= 0.3 is 0 Å². The maximum Gasteiger partial charge on any atom is 0.0235 e. The minimum atomic E-state index is 0.668. The molecule has 2 rings (SSSR count). The summed E-state index contributed by atoms with van der Waals surface area (Å²) < 4.78 is 0. The number of hydrogen-bond acceptors (Lipinski definition) is 2. The third kappa shape index (κ3) is 3.33. The molecule has 2 nitrogen and oxygen atoms in total. The second-order valence-electron chi connectivity index (χ2n) is 5.90. The number of hydrogen-bond donors (Lipinski definition) is 0. The zero-order chi connectivity index (χ0) is 13.1. The zero-order valence-corrected chi connectivity index (χ0v) is 12.2. The van der Waals surface area contributed by atoms with Crippen molar-refractivity contribution < 1.29 is 0 Å². The molecule has 0 aliphatic carbocycles. The quantitative estimate of drug-likeness (QED) is 0.809. The second-order valence-corrected chi connectivity index (χ2v) is 5.90. The summed E-state index contributed by atoms with van der Waals surface area (Å²) in [6.45, 7) is 13.8. The number of piperazine rings is 1. The monoisotopic (exact) mass is 246 g/mol. The van der Waals surface area contributed by atoms with E-state index in [-0.39, 0.29) is 0 Å². The van der Waals surface area contributed by atoms with E-state index in [2.05, 4.69) is 61.8 Å². The molecule has 1 fully saturated rings. The molecule has 18 heavy (non-hydrogen) atoms. The first kappa shape index (κ1) is 13.6. The van der Waals surface area contributed by atoms with Crippen LogP contribution >= 0.6 is 0 Å². The smallest absolute Gasteiger partial charge is 0.0235 e. The third-order valence-corrected chi connectivity index (χ3v) is 3.91. The summed E-state index contributed by atoms with van der Waals surface area (Å²) in [5, 5.41) is 0. The standard InChI is InChI=1S/C16H26N2/c1-13(2)18-9-8-17(11-15(18)4)12-16-7-5-6-14(3)10-16/h5-7,10,13,15H,8-9,11-12H2,1-4H3. The summed E-state index contributed by atoms with van der Waals surface area (Å²) in [6, 6.07) is 10.2. The Morgan fingerprint density at radius 1 is 1.28 bits per heavy atom. The van der Waals surface area contributed by atoms with Crippen LogP contribution in [0.25, 0.3) is 0 Å². The van der Waals surface area contributed by atoms with Crippen molar-refractivity contribution in [1.82, 2.24) is 9.80 Å². The van der Waals surface area contributed by atoms with Gasteiger partial charge in [-0.3, -0.25) is 9.80 Å². The molecular weight excluding hydrogens is 220 g/mol. The summed E-state index contributed by atoms with van der Waals surface area (Å²) in [5.41, 5.74) is 2.81. The van der Waals surface area contributed by atoms with E-state index in [4.69, 9.17) is 0 Å². The lowest BCUT2D eigenvalue weighted by atomic mass is 10.1. The zero-order valence-electron chi connectivity index (χ0n) is 12.2. The normalized spacial score (nSPS) is 22.6. The molecule has 1 aromatic carbocycles.